The van der Waals surface area contributed by atoms with Gasteiger partial charge in [0.1, 0.15) is 5.01 Å². The molecule has 0 saturated carbocycles. The van der Waals surface area contributed by atoms with Crippen molar-refractivity contribution in [2.45, 2.75) is 6.54 Å². The first kappa shape index (κ1) is 19.6. The molecule has 0 radical (unpaired) electrons. The number of hydrogen-bond acceptors (Lipinski definition) is 7. The fourth-order valence-corrected chi connectivity index (χ4v) is 3.77. The van der Waals surface area contributed by atoms with Gasteiger partial charge in [0, 0.05) is 30.6 Å². The van der Waals surface area contributed by atoms with E-state index in [1.807, 2.05) is 40.4 Å². The number of hydrogen-bond donors (Lipinski definition) is 0. The molecule has 1 aliphatic heterocycles. The van der Waals surface area contributed by atoms with Gasteiger partial charge in [0.15, 0.2) is 11.5 Å². The molecule has 0 atom stereocenters. The van der Waals surface area contributed by atoms with Gasteiger partial charge in [-0.3, -0.25) is 9.69 Å². The van der Waals surface area contributed by atoms with Crippen LogP contribution in [-0.4, -0.2) is 74.8 Å². The van der Waals surface area contributed by atoms with Crippen molar-refractivity contribution in [1.29, 1.82) is 0 Å². The first-order valence-corrected chi connectivity index (χ1v) is 9.69. The lowest BCUT2D eigenvalue weighted by atomic mass is 10.2. The van der Waals surface area contributed by atoms with Gasteiger partial charge >= 0.3 is 0 Å². The monoisotopic (exact) mass is 391 g/mol. The molecular weight excluding hydrogens is 366 g/mol. The smallest absolute Gasteiger partial charge is 0.236 e. The average molecular weight is 391 g/mol. The third kappa shape index (κ3) is 4.97. The zero-order valence-electron chi connectivity index (χ0n) is 15.9. The molecule has 0 N–H and O–H groups in total. The third-order valence-corrected chi connectivity index (χ3v) is 5.32. The van der Waals surface area contributed by atoms with Gasteiger partial charge in [-0.25, -0.2) is 4.98 Å². The van der Waals surface area contributed by atoms with E-state index in [1.54, 1.807) is 25.6 Å². The molecule has 27 heavy (non-hydrogen) atoms. The van der Waals surface area contributed by atoms with Crippen LogP contribution in [0.4, 0.5) is 0 Å². The SMILES string of the molecule is COc1ccc(-c2nc(CN(C)CC(=O)N3CCOCC3)cs2)cc1OC. The molecule has 1 aromatic carbocycles. The number of morpholine rings is 1. The van der Waals surface area contributed by atoms with E-state index < -0.39 is 0 Å². The molecule has 1 fully saturated rings. The van der Waals surface area contributed by atoms with Gasteiger partial charge in [0.05, 0.1) is 39.7 Å². The van der Waals surface area contributed by atoms with Crippen molar-refractivity contribution in [3.8, 4) is 22.1 Å². The lowest BCUT2D eigenvalue weighted by molar-refractivity contribution is -0.136. The van der Waals surface area contributed by atoms with Crippen LogP contribution in [0.1, 0.15) is 5.69 Å². The Morgan fingerprint density at radius 2 is 2.00 bits per heavy atom. The predicted octanol–water partition coefficient (Wildman–Crippen LogP) is 2.12. The van der Waals surface area contributed by atoms with Crippen molar-refractivity contribution < 1.29 is 19.0 Å². The zero-order chi connectivity index (χ0) is 19.2. The van der Waals surface area contributed by atoms with E-state index in [0.29, 0.717) is 50.9 Å². The Labute approximate surface area is 163 Å². The van der Waals surface area contributed by atoms with E-state index in [2.05, 4.69) is 0 Å². The molecule has 2 heterocycles. The Morgan fingerprint density at radius 1 is 1.26 bits per heavy atom. The van der Waals surface area contributed by atoms with E-state index >= 15 is 0 Å². The minimum atomic E-state index is 0.135. The van der Waals surface area contributed by atoms with Crippen molar-refractivity contribution in [2.24, 2.45) is 0 Å². The summed E-state index contributed by atoms with van der Waals surface area (Å²) in [5, 5.41) is 2.95. The Kier molecular flexibility index (Phi) is 6.65. The minimum absolute atomic E-state index is 0.135. The van der Waals surface area contributed by atoms with Crippen LogP contribution in [0.25, 0.3) is 10.6 Å². The largest absolute Gasteiger partial charge is 0.493 e. The van der Waals surface area contributed by atoms with Crippen LogP contribution in [0.5, 0.6) is 11.5 Å². The molecule has 8 heteroatoms. The van der Waals surface area contributed by atoms with Gasteiger partial charge in [0.2, 0.25) is 5.91 Å². The highest BCUT2D eigenvalue weighted by Gasteiger charge is 2.19. The van der Waals surface area contributed by atoms with E-state index in [0.717, 1.165) is 16.3 Å². The highest BCUT2D eigenvalue weighted by Crippen LogP contribution is 2.33. The predicted molar refractivity (Wildman–Crippen MR) is 104 cm³/mol. The van der Waals surface area contributed by atoms with Crippen LogP contribution < -0.4 is 9.47 Å². The lowest BCUT2D eigenvalue weighted by Crippen LogP contribution is -2.44. The maximum atomic E-state index is 12.3. The number of carbonyl (C=O) groups is 1. The second kappa shape index (κ2) is 9.16. The second-order valence-electron chi connectivity index (χ2n) is 6.38. The minimum Gasteiger partial charge on any atom is -0.493 e. The van der Waals surface area contributed by atoms with Crippen LogP contribution >= 0.6 is 11.3 Å². The van der Waals surface area contributed by atoms with Crippen LogP contribution in [-0.2, 0) is 16.1 Å². The van der Waals surface area contributed by atoms with Gasteiger partial charge in [-0.15, -0.1) is 11.3 Å². The molecule has 2 aromatic rings. The molecule has 1 aliphatic rings. The molecule has 1 aromatic heterocycles. The summed E-state index contributed by atoms with van der Waals surface area (Å²) >= 11 is 1.58. The molecule has 0 aliphatic carbocycles. The first-order valence-electron chi connectivity index (χ1n) is 8.81. The number of nitrogens with zero attached hydrogens (tertiary/aromatic N) is 3. The van der Waals surface area contributed by atoms with Gasteiger partial charge in [0.25, 0.3) is 0 Å². The summed E-state index contributed by atoms with van der Waals surface area (Å²) < 4.78 is 15.9. The number of rotatable bonds is 7. The van der Waals surface area contributed by atoms with E-state index in [4.69, 9.17) is 19.2 Å². The molecule has 7 nitrogen and oxygen atoms in total. The van der Waals surface area contributed by atoms with Gasteiger partial charge in [-0.1, -0.05) is 0 Å². The fraction of sp³-hybridized carbons (Fsp3) is 0.474. The highest BCUT2D eigenvalue weighted by atomic mass is 32.1. The van der Waals surface area contributed by atoms with Gasteiger partial charge in [-0.2, -0.15) is 0 Å². The van der Waals surface area contributed by atoms with Crippen LogP contribution in [0.15, 0.2) is 23.6 Å². The van der Waals surface area contributed by atoms with Crippen molar-refractivity contribution in [1.82, 2.24) is 14.8 Å². The van der Waals surface area contributed by atoms with Crippen LogP contribution in [0.2, 0.25) is 0 Å². The number of methoxy groups -OCH3 is 2. The molecule has 146 valence electrons. The van der Waals surface area contributed by atoms with Crippen molar-refractivity contribution >= 4 is 17.2 Å². The summed E-state index contributed by atoms with van der Waals surface area (Å²) in [6.07, 6.45) is 0. The van der Waals surface area contributed by atoms with E-state index in [1.165, 1.54) is 0 Å². The summed E-state index contributed by atoms with van der Waals surface area (Å²) in [4.78, 5) is 20.9. The maximum Gasteiger partial charge on any atom is 0.236 e. The maximum absolute atomic E-state index is 12.3. The molecule has 1 saturated heterocycles. The van der Waals surface area contributed by atoms with Crippen molar-refractivity contribution in [3.05, 3.63) is 29.3 Å². The van der Waals surface area contributed by atoms with Crippen LogP contribution in [0, 0.1) is 0 Å². The summed E-state index contributed by atoms with van der Waals surface area (Å²) in [7, 11) is 5.18. The van der Waals surface area contributed by atoms with Crippen molar-refractivity contribution in [3.63, 3.8) is 0 Å². The number of benzene rings is 1. The molecule has 1 amide bonds. The van der Waals surface area contributed by atoms with Crippen LogP contribution in [0.3, 0.4) is 0 Å². The standard InChI is InChI=1S/C19H25N3O4S/c1-21(12-18(23)22-6-8-26-9-7-22)11-15-13-27-19(20-15)14-4-5-16(24-2)17(10-14)25-3/h4-5,10,13H,6-9,11-12H2,1-3H3. The van der Waals surface area contributed by atoms with Gasteiger partial charge < -0.3 is 19.1 Å². The Bertz CT molecular complexity index is 774. The quantitative estimate of drug-likeness (QED) is 0.720. The Balaban J connectivity index is 1.61. The summed E-state index contributed by atoms with van der Waals surface area (Å²) in [6.45, 7) is 3.59. The number of carbonyl (C=O) groups excluding carboxylic acids is 1. The van der Waals surface area contributed by atoms with E-state index in [9.17, 15) is 4.79 Å². The normalized spacial score (nSPS) is 14.4. The second-order valence-corrected chi connectivity index (χ2v) is 7.24. The van der Waals surface area contributed by atoms with E-state index in [-0.39, 0.29) is 5.91 Å². The average Bonchev–Trinajstić information content (AvgIpc) is 3.16. The Hall–Kier alpha value is -2.16. The molecular formula is C19H25N3O4S. The molecule has 0 bridgehead atoms. The summed E-state index contributed by atoms with van der Waals surface area (Å²) in [6, 6.07) is 5.77. The first-order chi connectivity index (χ1) is 13.1. The highest BCUT2D eigenvalue weighted by molar-refractivity contribution is 7.13. The number of aromatic nitrogens is 1. The number of thiazole rings is 1. The molecule has 3 rings (SSSR count). The number of ether oxygens (including phenoxy) is 3. The number of amides is 1. The Morgan fingerprint density at radius 3 is 2.70 bits per heavy atom. The van der Waals surface area contributed by atoms with Gasteiger partial charge in [-0.05, 0) is 25.2 Å². The topological polar surface area (TPSA) is 64.1 Å². The lowest BCUT2D eigenvalue weighted by Gasteiger charge is -2.28. The zero-order valence-corrected chi connectivity index (χ0v) is 16.8. The summed E-state index contributed by atoms with van der Waals surface area (Å²) in [5.41, 5.74) is 1.93. The third-order valence-electron chi connectivity index (χ3n) is 4.38. The fourth-order valence-electron chi connectivity index (χ4n) is 2.96. The number of likely N-dealkylation sites (N-methyl/N-ethyl adjacent to an activating group) is 1. The molecule has 0 spiro atoms. The van der Waals surface area contributed by atoms with Crippen molar-refractivity contribution in [2.75, 3.05) is 54.1 Å². The summed E-state index contributed by atoms with van der Waals surface area (Å²) in [5.74, 6) is 1.51. The molecule has 0 unspecified atom stereocenters.